The fraction of sp³-hybridized carbons (Fsp3) is 0.222. The van der Waals surface area contributed by atoms with Gasteiger partial charge in [-0.2, -0.15) is 0 Å². The molecule has 0 heterocycles. The van der Waals surface area contributed by atoms with Gasteiger partial charge in [-0.1, -0.05) is 73.7 Å². The van der Waals surface area contributed by atoms with Crippen LogP contribution in [-0.4, -0.2) is 11.1 Å². The van der Waals surface area contributed by atoms with Crippen LogP contribution in [0.15, 0.2) is 84.4 Å². The van der Waals surface area contributed by atoms with Crippen molar-refractivity contribution in [1.29, 1.82) is 0 Å². The SMILES string of the molecule is CCC1C(C(=O)O)=C(C)c2ccc(N(Cc3ccccc3)Cc3ccccc3)cc21. The van der Waals surface area contributed by atoms with Gasteiger partial charge in [-0.05, 0) is 53.3 Å². The summed E-state index contributed by atoms with van der Waals surface area (Å²) in [6.07, 6.45) is 0.785. The van der Waals surface area contributed by atoms with Gasteiger partial charge in [0.05, 0.1) is 0 Å². The lowest BCUT2D eigenvalue weighted by Crippen LogP contribution is -2.22. The smallest absolute Gasteiger partial charge is 0.332 e. The van der Waals surface area contributed by atoms with Crippen LogP contribution in [0.5, 0.6) is 0 Å². The van der Waals surface area contributed by atoms with Gasteiger partial charge in [0.15, 0.2) is 0 Å². The molecule has 1 N–H and O–H groups in total. The summed E-state index contributed by atoms with van der Waals surface area (Å²) < 4.78 is 0. The monoisotopic (exact) mass is 397 g/mol. The fourth-order valence-electron chi connectivity index (χ4n) is 4.52. The Hall–Kier alpha value is -3.33. The van der Waals surface area contributed by atoms with Crippen LogP contribution in [0.4, 0.5) is 5.69 Å². The second-order valence-electron chi connectivity index (χ2n) is 7.90. The molecule has 0 bridgehead atoms. The number of benzene rings is 3. The zero-order valence-electron chi connectivity index (χ0n) is 17.5. The van der Waals surface area contributed by atoms with Gasteiger partial charge in [0.1, 0.15) is 0 Å². The number of nitrogens with zero attached hydrogens (tertiary/aromatic N) is 1. The van der Waals surface area contributed by atoms with Crippen LogP contribution in [-0.2, 0) is 17.9 Å². The minimum absolute atomic E-state index is 0.0484. The van der Waals surface area contributed by atoms with Crippen LogP contribution in [0.2, 0.25) is 0 Å². The third kappa shape index (κ3) is 3.88. The standard InChI is InChI=1S/C27H27NO2/c1-3-23-25-16-22(14-15-24(25)19(2)26(23)27(29)30)28(17-20-10-6-4-7-11-20)18-21-12-8-5-9-13-21/h4-16,23H,3,17-18H2,1-2H3,(H,29,30). The summed E-state index contributed by atoms with van der Waals surface area (Å²) in [5.41, 5.74) is 7.27. The van der Waals surface area contributed by atoms with E-state index >= 15 is 0 Å². The van der Waals surface area contributed by atoms with Crippen molar-refractivity contribution >= 4 is 17.2 Å². The highest BCUT2D eigenvalue weighted by Gasteiger charge is 2.32. The van der Waals surface area contributed by atoms with E-state index in [-0.39, 0.29) is 5.92 Å². The molecule has 0 spiro atoms. The molecule has 1 aliphatic rings. The molecule has 0 aromatic heterocycles. The molecule has 0 radical (unpaired) electrons. The van der Waals surface area contributed by atoms with E-state index in [4.69, 9.17) is 0 Å². The average molecular weight is 398 g/mol. The Morgan fingerprint density at radius 2 is 1.47 bits per heavy atom. The number of hydrogen-bond acceptors (Lipinski definition) is 2. The third-order valence-electron chi connectivity index (χ3n) is 6.00. The second-order valence-corrected chi connectivity index (χ2v) is 7.90. The minimum Gasteiger partial charge on any atom is -0.478 e. The molecule has 0 amide bonds. The highest BCUT2D eigenvalue weighted by Crippen LogP contribution is 2.45. The van der Waals surface area contributed by atoms with E-state index in [1.807, 2.05) is 19.1 Å². The number of aliphatic carboxylic acids is 1. The first-order valence-corrected chi connectivity index (χ1v) is 10.5. The number of fused-ring (bicyclic) bond motifs is 1. The third-order valence-corrected chi connectivity index (χ3v) is 6.00. The molecule has 152 valence electrons. The van der Waals surface area contributed by atoms with Crippen LogP contribution in [0, 0.1) is 0 Å². The van der Waals surface area contributed by atoms with Crippen molar-refractivity contribution in [2.24, 2.45) is 0 Å². The summed E-state index contributed by atoms with van der Waals surface area (Å²) in [5.74, 6) is -0.852. The molecule has 0 fully saturated rings. The normalized spacial score (nSPS) is 15.2. The van der Waals surface area contributed by atoms with Crippen molar-refractivity contribution in [3.63, 3.8) is 0 Å². The number of carboxylic acids is 1. The van der Waals surface area contributed by atoms with Crippen LogP contribution < -0.4 is 4.90 Å². The molecule has 0 saturated heterocycles. The first kappa shape index (κ1) is 20.0. The molecule has 0 saturated carbocycles. The van der Waals surface area contributed by atoms with Gasteiger partial charge in [-0.25, -0.2) is 4.79 Å². The van der Waals surface area contributed by atoms with Gasteiger partial charge in [0.2, 0.25) is 0 Å². The molecular formula is C27H27NO2. The minimum atomic E-state index is -0.803. The summed E-state index contributed by atoms with van der Waals surface area (Å²) in [5, 5.41) is 9.76. The van der Waals surface area contributed by atoms with Crippen LogP contribution in [0.3, 0.4) is 0 Å². The average Bonchev–Trinajstić information content (AvgIpc) is 3.06. The Morgan fingerprint density at radius 3 is 1.97 bits per heavy atom. The predicted octanol–water partition coefficient (Wildman–Crippen LogP) is 6.26. The fourth-order valence-corrected chi connectivity index (χ4v) is 4.52. The summed E-state index contributed by atoms with van der Waals surface area (Å²) in [6, 6.07) is 27.4. The summed E-state index contributed by atoms with van der Waals surface area (Å²) in [6.45, 7) is 5.59. The topological polar surface area (TPSA) is 40.5 Å². The Bertz CT molecular complexity index is 1030. The van der Waals surface area contributed by atoms with Crippen LogP contribution in [0.1, 0.15) is 48.4 Å². The number of hydrogen-bond donors (Lipinski definition) is 1. The van der Waals surface area contributed by atoms with Crippen molar-refractivity contribution in [2.75, 3.05) is 4.90 Å². The first-order valence-electron chi connectivity index (χ1n) is 10.5. The predicted molar refractivity (Wildman–Crippen MR) is 122 cm³/mol. The van der Waals surface area contributed by atoms with Crippen molar-refractivity contribution < 1.29 is 9.90 Å². The summed E-state index contributed by atoms with van der Waals surface area (Å²) in [7, 11) is 0. The summed E-state index contributed by atoms with van der Waals surface area (Å²) in [4.78, 5) is 14.2. The Morgan fingerprint density at radius 1 is 0.900 bits per heavy atom. The van der Waals surface area contributed by atoms with Crippen molar-refractivity contribution in [1.82, 2.24) is 0 Å². The highest BCUT2D eigenvalue weighted by molar-refractivity contribution is 6.01. The quantitative estimate of drug-likeness (QED) is 0.512. The number of carboxylic acid groups (broad SMARTS) is 1. The second kappa shape index (κ2) is 8.58. The molecule has 3 nitrogen and oxygen atoms in total. The maximum Gasteiger partial charge on any atom is 0.332 e. The molecule has 0 aliphatic heterocycles. The van der Waals surface area contributed by atoms with E-state index in [2.05, 4.69) is 78.6 Å². The van der Waals surface area contributed by atoms with Crippen LogP contribution >= 0.6 is 0 Å². The van der Waals surface area contributed by atoms with E-state index in [9.17, 15) is 9.90 Å². The zero-order valence-corrected chi connectivity index (χ0v) is 17.5. The maximum atomic E-state index is 11.9. The highest BCUT2D eigenvalue weighted by atomic mass is 16.4. The van der Waals surface area contributed by atoms with Crippen molar-refractivity contribution in [3.05, 3.63) is 107 Å². The van der Waals surface area contributed by atoms with Gasteiger partial charge in [0, 0.05) is 30.3 Å². The molecule has 1 unspecified atom stereocenters. The lowest BCUT2D eigenvalue weighted by molar-refractivity contribution is -0.132. The molecule has 1 atom stereocenters. The van der Waals surface area contributed by atoms with Crippen molar-refractivity contribution in [3.8, 4) is 0 Å². The largest absolute Gasteiger partial charge is 0.478 e. The molecular weight excluding hydrogens is 370 g/mol. The lowest BCUT2D eigenvalue weighted by Gasteiger charge is -2.26. The Kier molecular flexibility index (Phi) is 5.71. The molecule has 4 rings (SSSR count). The number of allylic oxidation sites excluding steroid dienone is 1. The zero-order chi connectivity index (χ0) is 21.1. The maximum absolute atomic E-state index is 11.9. The molecule has 3 heteroatoms. The lowest BCUT2D eigenvalue weighted by atomic mass is 9.92. The van der Waals surface area contributed by atoms with E-state index in [0.717, 1.165) is 41.9 Å². The Labute approximate surface area is 178 Å². The number of rotatable bonds is 7. The summed E-state index contributed by atoms with van der Waals surface area (Å²) >= 11 is 0. The van der Waals surface area contributed by atoms with Gasteiger partial charge in [-0.15, -0.1) is 0 Å². The van der Waals surface area contributed by atoms with Gasteiger partial charge >= 0.3 is 5.97 Å². The molecule has 1 aliphatic carbocycles. The van der Waals surface area contributed by atoms with E-state index in [0.29, 0.717) is 5.57 Å². The number of carbonyl (C=O) groups is 1. The van der Waals surface area contributed by atoms with E-state index in [1.54, 1.807) is 0 Å². The van der Waals surface area contributed by atoms with Crippen LogP contribution in [0.25, 0.3) is 5.57 Å². The van der Waals surface area contributed by atoms with Gasteiger partial charge < -0.3 is 10.0 Å². The van der Waals surface area contributed by atoms with E-state index < -0.39 is 5.97 Å². The number of anilines is 1. The van der Waals surface area contributed by atoms with Crippen molar-refractivity contribution in [2.45, 2.75) is 39.3 Å². The molecule has 30 heavy (non-hydrogen) atoms. The Balaban J connectivity index is 1.72. The molecule has 3 aromatic rings. The molecule has 3 aromatic carbocycles. The van der Waals surface area contributed by atoms with E-state index in [1.165, 1.54) is 11.1 Å². The van der Waals surface area contributed by atoms with Gasteiger partial charge in [-0.3, -0.25) is 0 Å². The first-order chi connectivity index (χ1) is 14.6. The van der Waals surface area contributed by atoms with Gasteiger partial charge in [0.25, 0.3) is 0 Å².